The van der Waals surface area contributed by atoms with E-state index in [0.717, 1.165) is 32.1 Å². The van der Waals surface area contributed by atoms with Crippen molar-refractivity contribution in [3.8, 4) is 0 Å². The van der Waals surface area contributed by atoms with Gasteiger partial charge in [-0.2, -0.15) is 0 Å². The zero-order valence-electron chi connectivity index (χ0n) is 11.1. The van der Waals surface area contributed by atoms with Crippen LogP contribution in [0.2, 0.25) is 0 Å². The lowest BCUT2D eigenvalue weighted by atomic mass is 9.75. The van der Waals surface area contributed by atoms with E-state index < -0.39 is 18.0 Å². The summed E-state index contributed by atoms with van der Waals surface area (Å²) in [5.74, 6) is -0.574. The van der Waals surface area contributed by atoms with E-state index >= 15 is 0 Å². The third kappa shape index (κ3) is 4.30. The first-order valence-corrected chi connectivity index (χ1v) is 6.97. The van der Waals surface area contributed by atoms with Crippen LogP contribution in [0.25, 0.3) is 0 Å². The number of hydrogen-bond donors (Lipinski definition) is 2. The van der Waals surface area contributed by atoms with Gasteiger partial charge in [0, 0.05) is 0 Å². The Morgan fingerprint density at radius 2 is 2.12 bits per heavy atom. The molecule has 4 unspecified atom stereocenters. The second-order valence-corrected chi connectivity index (χ2v) is 5.61. The third-order valence-corrected chi connectivity index (χ3v) is 4.06. The number of unbranched alkanes of at least 4 members (excludes halogenated alkanes) is 1. The van der Waals surface area contributed by atoms with Crippen LogP contribution in [0.5, 0.6) is 0 Å². The highest BCUT2D eigenvalue weighted by molar-refractivity contribution is 5.70. The molecule has 1 fully saturated rings. The van der Waals surface area contributed by atoms with Crippen molar-refractivity contribution in [2.75, 3.05) is 0 Å². The van der Waals surface area contributed by atoms with E-state index in [0.29, 0.717) is 12.3 Å². The summed E-state index contributed by atoms with van der Waals surface area (Å²) in [4.78, 5) is 11.2. The van der Waals surface area contributed by atoms with Crippen molar-refractivity contribution in [3.05, 3.63) is 0 Å². The average molecular weight is 242 g/mol. The number of aliphatic hydroxyl groups excluding tert-OH is 1. The van der Waals surface area contributed by atoms with E-state index in [1.165, 1.54) is 6.42 Å². The first kappa shape index (κ1) is 14.5. The van der Waals surface area contributed by atoms with E-state index in [4.69, 9.17) is 0 Å². The molecule has 100 valence electrons. The highest BCUT2D eigenvalue weighted by atomic mass is 16.4. The van der Waals surface area contributed by atoms with Gasteiger partial charge in [0.1, 0.15) is 0 Å². The van der Waals surface area contributed by atoms with Crippen molar-refractivity contribution in [1.82, 2.24) is 0 Å². The molecule has 1 aliphatic carbocycles. The number of hydrogen-bond acceptors (Lipinski definition) is 2. The molecule has 4 atom stereocenters. The van der Waals surface area contributed by atoms with Crippen LogP contribution in [0.15, 0.2) is 0 Å². The van der Waals surface area contributed by atoms with Gasteiger partial charge in [-0.15, -0.1) is 0 Å². The van der Waals surface area contributed by atoms with E-state index in [9.17, 15) is 15.0 Å². The molecule has 1 saturated carbocycles. The highest BCUT2D eigenvalue weighted by Crippen LogP contribution is 2.34. The first-order chi connectivity index (χ1) is 8.06. The largest absolute Gasteiger partial charge is 0.481 e. The van der Waals surface area contributed by atoms with Crippen LogP contribution in [-0.2, 0) is 4.79 Å². The zero-order chi connectivity index (χ0) is 12.8. The molecular weight excluding hydrogens is 216 g/mol. The van der Waals surface area contributed by atoms with Gasteiger partial charge in [0.25, 0.3) is 0 Å². The Morgan fingerprint density at radius 1 is 1.41 bits per heavy atom. The standard InChI is InChI=1S/C14H26O3/c1-3-4-8-12(14(16)17)13(15)11-7-5-6-10(2)9-11/h10-13,15H,3-9H2,1-2H3,(H,16,17). The Bertz CT molecular complexity index is 240. The molecule has 3 heteroatoms. The summed E-state index contributed by atoms with van der Waals surface area (Å²) < 4.78 is 0. The van der Waals surface area contributed by atoms with Crippen LogP contribution >= 0.6 is 0 Å². The topological polar surface area (TPSA) is 57.5 Å². The predicted molar refractivity (Wildman–Crippen MR) is 67.8 cm³/mol. The second-order valence-electron chi connectivity index (χ2n) is 5.61. The summed E-state index contributed by atoms with van der Waals surface area (Å²) in [6.45, 7) is 4.24. The van der Waals surface area contributed by atoms with Crippen molar-refractivity contribution < 1.29 is 15.0 Å². The van der Waals surface area contributed by atoms with Crippen molar-refractivity contribution in [3.63, 3.8) is 0 Å². The normalized spacial score (nSPS) is 28.6. The van der Waals surface area contributed by atoms with Crippen molar-refractivity contribution in [1.29, 1.82) is 0 Å². The Kier molecular flexibility index (Phi) is 5.96. The maximum Gasteiger partial charge on any atom is 0.309 e. The Labute approximate surface area is 104 Å². The molecule has 1 aliphatic rings. The summed E-state index contributed by atoms with van der Waals surface area (Å²) in [5, 5.41) is 19.5. The maximum absolute atomic E-state index is 11.2. The molecule has 0 radical (unpaired) electrons. The van der Waals surface area contributed by atoms with Gasteiger partial charge in [-0.3, -0.25) is 4.79 Å². The minimum absolute atomic E-state index is 0.191. The van der Waals surface area contributed by atoms with Gasteiger partial charge in [-0.05, 0) is 31.1 Å². The lowest BCUT2D eigenvalue weighted by molar-refractivity contribution is -0.148. The molecule has 0 spiro atoms. The van der Waals surface area contributed by atoms with Crippen LogP contribution in [0.1, 0.15) is 58.8 Å². The van der Waals surface area contributed by atoms with Gasteiger partial charge >= 0.3 is 5.97 Å². The van der Waals surface area contributed by atoms with Crippen LogP contribution < -0.4 is 0 Å². The Morgan fingerprint density at radius 3 is 2.65 bits per heavy atom. The summed E-state index contributed by atoms with van der Waals surface area (Å²) in [6, 6.07) is 0. The number of rotatable bonds is 6. The Balaban J connectivity index is 2.56. The summed E-state index contributed by atoms with van der Waals surface area (Å²) in [6.07, 6.45) is 6.14. The van der Waals surface area contributed by atoms with Gasteiger partial charge in [-0.1, -0.05) is 39.5 Å². The van der Waals surface area contributed by atoms with Crippen molar-refractivity contribution in [2.45, 2.75) is 64.9 Å². The fourth-order valence-corrected chi connectivity index (χ4v) is 2.98. The molecule has 0 aromatic carbocycles. The maximum atomic E-state index is 11.2. The second kappa shape index (κ2) is 7.00. The lowest BCUT2D eigenvalue weighted by Gasteiger charge is -2.33. The van der Waals surface area contributed by atoms with E-state index in [1.54, 1.807) is 0 Å². The average Bonchev–Trinajstić information content (AvgIpc) is 2.29. The fraction of sp³-hybridized carbons (Fsp3) is 0.929. The van der Waals surface area contributed by atoms with E-state index in [-0.39, 0.29) is 5.92 Å². The highest BCUT2D eigenvalue weighted by Gasteiger charge is 2.34. The van der Waals surface area contributed by atoms with Crippen LogP contribution in [0, 0.1) is 17.8 Å². The van der Waals surface area contributed by atoms with Crippen molar-refractivity contribution >= 4 is 5.97 Å². The SMILES string of the molecule is CCCCC(C(=O)O)C(O)C1CCCC(C)C1. The number of aliphatic hydroxyl groups is 1. The molecule has 3 nitrogen and oxygen atoms in total. The molecule has 0 heterocycles. The van der Waals surface area contributed by atoms with Crippen LogP contribution in [-0.4, -0.2) is 22.3 Å². The Hall–Kier alpha value is -0.570. The number of carbonyl (C=O) groups is 1. The lowest BCUT2D eigenvalue weighted by Crippen LogP contribution is -2.36. The number of carboxylic acid groups (broad SMARTS) is 1. The van der Waals surface area contributed by atoms with Gasteiger partial charge in [0.2, 0.25) is 0 Å². The zero-order valence-corrected chi connectivity index (χ0v) is 11.1. The third-order valence-electron chi connectivity index (χ3n) is 4.06. The molecular formula is C14H26O3. The number of aliphatic carboxylic acids is 1. The minimum atomic E-state index is -0.829. The molecule has 17 heavy (non-hydrogen) atoms. The van der Waals surface area contributed by atoms with Gasteiger partial charge in [0.15, 0.2) is 0 Å². The summed E-state index contributed by atoms with van der Waals surface area (Å²) >= 11 is 0. The fourth-order valence-electron chi connectivity index (χ4n) is 2.98. The van der Waals surface area contributed by atoms with Gasteiger partial charge in [-0.25, -0.2) is 0 Å². The van der Waals surface area contributed by atoms with Crippen LogP contribution in [0.3, 0.4) is 0 Å². The predicted octanol–water partition coefficient (Wildman–Crippen LogP) is 3.06. The summed E-state index contributed by atoms with van der Waals surface area (Å²) in [7, 11) is 0. The van der Waals surface area contributed by atoms with Gasteiger partial charge in [0.05, 0.1) is 12.0 Å². The molecule has 0 saturated heterocycles. The van der Waals surface area contributed by atoms with Gasteiger partial charge < -0.3 is 10.2 Å². The smallest absolute Gasteiger partial charge is 0.309 e. The molecule has 0 amide bonds. The monoisotopic (exact) mass is 242 g/mol. The molecule has 0 bridgehead atoms. The molecule has 2 N–H and O–H groups in total. The molecule has 1 rings (SSSR count). The first-order valence-electron chi connectivity index (χ1n) is 6.97. The summed E-state index contributed by atoms with van der Waals surface area (Å²) in [5.41, 5.74) is 0. The molecule has 0 aromatic heterocycles. The number of carboxylic acids is 1. The minimum Gasteiger partial charge on any atom is -0.481 e. The molecule has 0 aromatic rings. The van der Waals surface area contributed by atoms with E-state index in [1.807, 2.05) is 6.92 Å². The van der Waals surface area contributed by atoms with E-state index in [2.05, 4.69) is 6.92 Å². The van der Waals surface area contributed by atoms with Crippen molar-refractivity contribution in [2.24, 2.45) is 17.8 Å². The quantitative estimate of drug-likeness (QED) is 0.752. The van der Waals surface area contributed by atoms with Crippen LogP contribution in [0.4, 0.5) is 0 Å². The molecule has 0 aliphatic heterocycles.